The number of hydrogen-bond donors (Lipinski definition) is 1. The van der Waals surface area contributed by atoms with Gasteiger partial charge in [0.2, 0.25) is 0 Å². The average Bonchev–Trinajstić information content (AvgIpc) is 2.50. The molecule has 0 unspecified atom stereocenters. The van der Waals surface area contributed by atoms with Crippen molar-refractivity contribution in [3.8, 4) is 16.9 Å². The van der Waals surface area contributed by atoms with E-state index >= 15 is 0 Å². The number of halogens is 2. The van der Waals surface area contributed by atoms with E-state index in [1.54, 1.807) is 24.3 Å². The van der Waals surface area contributed by atoms with Gasteiger partial charge in [-0.25, -0.2) is 4.39 Å². The standard InChI is InChI=1S/C17H19ClFNO/c1-3-9-20-11-13-10-12(7-8-15(13)18)14-5-4-6-16(21-2)17(14)19/h4-8,10,20H,3,9,11H2,1-2H3. The van der Waals surface area contributed by atoms with Gasteiger partial charge < -0.3 is 10.1 Å². The molecule has 2 nitrogen and oxygen atoms in total. The zero-order valence-corrected chi connectivity index (χ0v) is 13.0. The molecule has 112 valence electrons. The highest BCUT2D eigenvalue weighted by Gasteiger charge is 2.11. The summed E-state index contributed by atoms with van der Waals surface area (Å²) in [4.78, 5) is 0. The summed E-state index contributed by atoms with van der Waals surface area (Å²) in [5.74, 6) is -0.108. The molecule has 0 spiro atoms. The van der Waals surface area contributed by atoms with E-state index in [4.69, 9.17) is 16.3 Å². The Morgan fingerprint density at radius 3 is 2.76 bits per heavy atom. The van der Waals surface area contributed by atoms with E-state index in [0.717, 1.165) is 24.1 Å². The SMILES string of the molecule is CCCNCc1cc(-c2cccc(OC)c2F)ccc1Cl. The summed E-state index contributed by atoms with van der Waals surface area (Å²) < 4.78 is 19.4. The van der Waals surface area contributed by atoms with Crippen molar-refractivity contribution >= 4 is 11.6 Å². The summed E-state index contributed by atoms with van der Waals surface area (Å²) in [5, 5.41) is 3.99. The number of ether oxygens (including phenoxy) is 1. The van der Waals surface area contributed by atoms with E-state index in [0.29, 0.717) is 17.1 Å². The molecule has 4 heteroatoms. The second-order valence-electron chi connectivity index (χ2n) is 4.80. The van der Waals surface area contributed by atoms with Crippen molar-refractivity contribution in [2.24, 2.45) is 0 Å². The van der Waals surface area contributed by atoms with E-state index in [-0.39, 0.29) is 11.6 Å². The first kappa shape index (κ1) is 15.8. The number of rotatable bonds is 6. The molecule has 1 N–H and O–H groups in total. The Labute approximate surface area is 129 Å². The third-order valence-corrected chi connectivity index (χ3v) is 3.65. The largest absolute Gasteiger partial charge is 0.494 e. The first-order valence-corrected chi connectivity index (χ1v) is 7.37. The van der Waals surface area contributed by atoms with Gasteiger partial charge in [0.15, 0.2) is 11.6 Å². The molecule has 0 aliphatic heterocycles. The zero-order chi connectivity index (χ0) is 15.2. The van der Waals surface area contributed by atoms with Crippen LogP contribution in [0.25, 0.3) is 11.1 Å². The molecule has 0 aromatic heterocycles. The Morgan fingerprint density at radius 1 is 1.24 bits per heavy atom. The Balaban J connectivity index is 2.34. The van der Waals surface area contributed by atoms with E-state index in [1.165, 1.54) is 7.11 Å². The molecule has 0 aliphatic rings. The van der Waals surface area contributed by atoms with Crippen molar-refractivity contribution in [2.75, 3.05) is 13.7 Å². The Morgan fingerprint density at radius 2 is 2.05 bits per heavy atom. The summed E-state index contributed by atoms with van der Waals surface area (Å²) in [7, 11) is 1.46. The van der Waals surface area contributed by atoms with Gasteiger partial charge in [-0.1, -0.05) is 36.7 Å². The monoisotopic (exact) mass is 307 g/mol. The molecule has 0 atom stereocenters. The van der Waals surface area contributed by atoms with Crippen molar-refractivity contribution in [3.63, 3.8) is 0 Å². The second kappa shape index (κ2) is 7.43. The molecule has 0 amide bonds. The molecule has 0 heterocycles. The van der Waals surface area contributed by atoms with E-state index in [1.807, 2.05) is 12.1 Å². The third-order valence-electron chi connectivity index (χ3n) is 3.28. The number of hydrogen-bond acceptors (Lipinski definition) is 2. The summed E-state index contributed by atoms with van der Waals surface area (Å²) in [6.07, 6.45) is 1.06. The van der Waals surface area contributed by atoms with E-state index in [2.05, 4.69) is 12.2 Å². The first-order chi connectivity index (χ1) is 10.2. The smallest absolute Gasteiger partial charge is 0.172 e. The third kappa shape index (κ3) is 3.74. The van der Waals surface area contributed by atoms with Gasteiger partial charge in [-0.05, 0) is 42.3 Å². The van der Waals surface area contributed by atoms with Crippen LogP contribution < -0.4 is 10.1 Å². The fourth-order valence-corrected chi connectivity index (χ4v) is 2.35. The van der Waals surface area contributed by atoms with Crippen LogP contribution in [0.5, 0.6) is 5.75 Å². The lowest BCUT2D eigenvalue weighted by Gasteiger charge is -2.11. The maximum Gasteiger partial charge on any atom is 0.172 e. The summed E-state index contributed by atoms with van der Waals surface area (Å²) in [5.41, 5.74) is 2.27. The summed E-state index contributed by atoms with van der Waals surface area (Å²) in [6, 6.07) is 10.7. The molecule has 0 aliphatic carbocycles. The molecule has 0 radical (unpaired) electrons. The Kier molecular flexibility index (Phi) is 5.59. The van der Waals surface area contributed by atoms with Crippen LogP contribution in [0.2, 0.25) is 5.02 Å². The van der Waals surface area contributed by atoms with Gasteiger partial charge in [0.05, 0.1) is 7.11 Å². The molecule has 0 saturated heterocycles. The van der Waals surface area contributed by atoms with Crippen LogP contribution in [0.1, 0.15) is 18.9 Å². The Hall–Kier alpha value is -1.58. The van der Waals surface area contributed by atoms with Gasteiger partial charge in [-0.15, -0.1) is 0 Å². The molecule has 2 rings (SSSR count). The van der Waals surface area contributed by atoms with Crippen LogP contribution in [0.3, 0.4) is 0 Å². The van der Waals surface area contributed by atoms with Crippen LogP contribution >= 0.6 is 11.6 Å². The van der Waals surface area contributed by atoms with E-state index in [9.17, 15) is 4.39 Å². The van der Waals surface area contributed by atoms with Crippen LogP contribution in [-0.2, 0) is 6.54 Å². The minimum Gasteiger partial charge on any atom is -0.494 e. The minimum absolute atomic E-state index is 0.244. The fraction of sp³-hybridized carbons (Fsp3) is 0.294. The lowest BCUT2D eigenvalue weighted by atomic mass is 10.0. The summed E-state index contributed by atoms with van der Waals surface area (Å²) >= 11 is 6.20. The molecule has 2 aromatic rings. The number of nitrogens with one attached hydrogen (secondary N) is 1. The summed E-state index contributed by atoms with van der Waals surface area (Å²) in [6.45, 7) is 3.71. The van der Waals surface area contributed by atoms with Gasteiger partial charge in [0.25, 0.3) is 0 Å². The lowest BCUT2D eigenvalue weighted by molar-refractivity contribution is 0.387. The van der Waals surface area contributed by atoms with Crippen molar-refractivity contribution in [2.45, 2.75) is 19.9 Å². The normalized spacial score (nSPS) is 10.7. The van der Waals surface area contributed by atoms with Gasteiger partial charge >= 0.3 is 0 Å². The van der Waals surface area contributed by atoms with Crippen molar-refractivity contribution in [3.05, 3.63) is 52.8 Å². The average molecular weight is 308 g/mol. The van der Waals surface area contributed by atoms with E-state index < -0.39 is 0 Å². The second-order valence-corrected chi connectivity index (χ2v) is 5.21. The lowest BCUT2D eigenvalue weighted by Crippen LogP contribution is -2.14. The fourth-order valence-electron chi connectivity index (χ4n) is 2.17. The molecular weight excluding hydrogens is 289 g/mol. The van der Waals surface area contributed by atoms with Crippen LogP contribution in [-0.4, -0.2) is 13.7 Å². The molecule has 0 bridgehead atoms. The first-order valence-electron chi connectivity index (χ1n) is 6.99. The van der Waals surface area contributed by atoms with Crippen LogP contribution in [0, 0.1) is 5.82 Å². The van der Waals surface area contributed by atoms with Gasteiger partial charge in [-0.2, -0.15) is 0 Å². The topological polar surface area (TPSA) is 21.3 Å². The molecule has 21 heavy (non-hydrogen) atoms. The van der Waals surface area contributed by atoms with Crippen molar-refractivity contribution in [1.82, 2.24) is 5.32 Å². The van der Waals surface area contributed by atoms with Crippen molar-refractivity contribution in [1.29, 1.82) is 0 Å². The highest BCUT2D eigenvalue weighted by molar-refractivity contribution is 6.31. The van der Waals surface area contributed by atoms with Gasteiger partial charge in [0.1, 0.15) is 0 Å². The molecular formula is C17H19ClFNO. The van der Waals surface area contributed by atoms with Crippen LogP contribution in [0.4, 0.5) is 4.39 Å². The Bertz CT molecular complexity index is 616. The predicted octanol–water partition coefficient (Wildman–Crippen LogP) is 4.65. The maximum atomic E-state index is 14.3. The predicted molar refractivity (Wildman–Crippen MR) is 85.4 cm³/mol. The van der Waals surface area contributed by atoms with Gasteiger partial charge in [-0.3, -0.25) is 0 Å². The minimum atomic E-state index is -0.352. The van der Waals surface area contributed by atoms with Gasteiger partial charge in [0, 0.05) is 17.1 Å². The van der Waals surface area contributed by atoms with Crippen molar-refractivity contribution < 1.29 is 9.13 Å². The zero-order valence-electron chi connectivity index (χ0n) is 12.2. The highest BCUT2D eigenvalue weighted by atomic mass is 35.5. The molecule has 0 saturated carbocycles. The van der Waals surface area contributed by atoms with Crippen LogP contribution in [0.15, 0.2) is 36.4 Å². The molecule has 2 aromatic carbocycles. The maximum absolute atomic E-state index is 14.3. The quantitative estimate of drug-likeness (QED) is 0.784. The number of benzene rings is 2. The number of methoxy groups -OCH3 is 1. The highest BCUT2D eigenvalue weighted by Crippen LogP contribution is 2.31. The molecule has 0 fully saturated rings.